The van der Waals surface area contributed by atoms with E-state index in [0.29, 0.717) is 0 Å². The molecule has 0 aliphatic heterocycles. The molecule has 0 unspecified atom stereocenters. The first-order chi connectivity index (χ1) is 6.27. The molecule has 0 amide bonds. The quantitative estimate of drug-likeness (QED) is 0.649. The van der Waals surface area contributed by atoms with Gasteiger partial charge in [0.05, 0.1) is 13.2 Å². The highest BCUT2D eigenvalue weighted by atomic mass is 19.1. The van der Waals surface area contributed by atoms with Crippen molar-refractivity contribution in [1.82, 2.24) is 0 Å². The summed E-state index contributed by atoms with van der Waals surface area (Å²) in [6.07, 6.45) is 2.91. The molecule has 0 aliphatic rings. The Morgan fingerprint density at radius 1 is 1.54 bits per heavy atom. The summed E-state index contributed by atoms with van der Waals surface area (Å²) < 4.78 is 17.7. The summed E-state index contributed by atoms with van der Waals surface area (Å²) in [5.74, 6) is -0.225. The highest BCUT2D eigenvalue weighted by Crippen LogP contribution is 2.18. The lowest BCUT2D eigenvalue weighted by molar-refractivity contribution is 0.386. The second-order valence-electron chi connectivity index (χ2n) is 2.36. The molecule has 0 fully saturated rings. The van der Waals surface area contributed by atoms with Crippen LogP contribution in [0.15, 0.2) is 24.3 Å². The summed E-state index contributed by atoms with van der Waals surface area (Å²) in [6, 6.07) is 6.26. The third-order valence-electron chi connectivity index (χ3n) is 1.53. The molecule has 0 aromatic heterocycles. The topological polar surface area (TPSA) is 33.0 Å². The average Bonchev–Trinajstić information content (AvgIpc) is 2.16. The van der Waals surface area contributed by atoms with E-state index in [-0.39, 0.29) is 5.75 Å². The van der Waals surface area contributed by atoms with Crippen molar-refractivity contribution < 1.29 is 9.13 Å². The zero-order valence-electron chi connectivity index (χ0n) is 7.12. The first-order valence-corrected chi connectivity index (χ1v) is 3.67. The van der Waals surface area contributed by atoms with Gasteiger partial charge >= 0.3 is 0 Å². The number of nitriles is 1. The number of halogens is 1. The van der Waals surface area contributed by atoms with Crippen LogP contribution in [0.5, 0.6) is 5.75 Å². The molecule has 3 heteroatoms. The van der Waals surface area contributed by atoms with Gasteiger partial charge < -0.3 is 4.74 Å². The van der Waals surface area contributed by atoms with E-state index >= 15 is 0 Å². The van der Waals surface area contributed by atoms with Gasteiger partial charge in [-0.1, -0.05) is 6.07 Å². The fourth-order valence-electron chi connectivity index (χ4n) is 0.914. The van der Waals surface area contributed by atoms with Crippen molar-refractivity contribution in [3.63, 3.8) is 0 Å². The Hall–Kier alpha value is -1.82. The van der Waals surface area contributed by atoms with Crippen LogP contribution in [0.3, 0.4) is 0 Å². The van der Waals surface area contributed by atoms with Crippen molar-refractivity contribution in [1.29, 1.82) is 5.26 Å². The Morgan fingerprint density at radius 2 is 2.31 bits per heavy atom. The minimum Gasteiger partial charge on any atom is -0.494 e. The zero-order chi connectivity index (χ0) is 9.68. The van der Waals surface area contributed by atoms with Crippen molar-refractivity contribution in [2.24, 2.45) is 0 Å². The molecule has 0 heterocycles. The fourth-order valence-corrected chi connectivity index (χ4v) is 0.914. The number of allylic oxidation sites excluding steroid dienone is 1. The number of methoxy groups -OCH3 is 1. The van der Waals surface area contributed by atoms with E-state index in [2.05, 4.69) is 0 Å². The van der Waals surface area contributed by atoms with Crippen LogP contribution in [0.4, 0.5) is 4.39 Å². The Morgan fingerprint density at radius 3 is 2.92 bits per heavy atom. The Labute approximate surface area is 75.9 Å². The molecule has 1 aromatic rings. The van der Waals surface area contributed by atoms with Crippen LogP contribution < -0.4 is 4.74 Å². The van der Waals surface area contributed by atoms with Crippen LogP contribution in [0.2, 0.25) is 0 Å². The summed E-state index contributed by atoms with van der Waals surface area (Å²) in [6.45, 7) is 0. The molecule has 66 valence electrons. The van der Waals surface area contributed by atoms with Gasteiger partial charge in [-0.15, -0.1) is 0 Å². The van der Waals surface area contributed by atoms with Crippen LogP contribution in [-0.2, 0) is 0 Å². The Bertz CT molecular complexity index is 366. The zero-order valence-corrected chi connectivity index (χ0v) is 7.12. The van der Waals surface area contributed by atoms with Crippen LogP contribution >= 0.6 is 0 Å². The molecule has 0 bridgehead atoms. The minimum absolute atomic E-state index is 0.181. The van der Waals surface area contributed by atoms with Crippen LogP contribution in [-0.4, -0.2) is 7.11 Å². The van der Waals surface area contributed by atoms with E-state index in [4.69, 9.17) is 10.00 Å². The van der Waals surface area contributed by atoms with Gasteiger partial charge in [0.2, 0.25) is 0 Å². The molecular weight excluding hydrogens is 169 g/mol. The van der Waals surface area contributed by atoms with Crippen molar-refractivity contribution in [2.75, 3.05) is 7.11 Å². The molecule has 0 aliphatic carbocycles. The smallest absolute Gasteiger partial charge is 0.165 e. The highest BCUT2D eigenvalue weighted by molar-refractivity contribution is 5.54. The molecule has 1 rings (SSSR count). The standard InChI is InChI=1S/C10H8FNO/c1-13-10-7-8(3-2-6-12)4-5-9(10)11/h2-5,7H,1H3. The predicted octanol–water partition coefficient (Wildman–Crippen LogP) is 2.37. The van der Waals surface area contributed by atoms with Crippen molar-refractivity contribution in [3.05, 3.63) is 35.7 Å². The first kappa shape index (κ1) is 9.27. The van der Waals surface area contributed by atoms with E-state index in [1.165, 1.54) is 25.3 Å². The van der Waals surface area contributed by atoms with Crippen molar-refractivity contribution >= 4 is 6.08 Å². The lowest BCUT2D eigenvalue weighted by Crippen LogP contribution is -1.87. The summed E-state index contributed by atoms with van der Waals surface area (Å²) in [7, 11) is 1.40. The monoisotopic (exact) mass is 177 g/mol. The average molecular weight is 177 g/mol. The molecule has 0 saturated carbocycles. The maximum absolute atomic E-state index is 12.9. The predicted molar refractivity (Wildman–Crippen MR) is 47.6 cm³/mol. The molecule has 0 saturated heterocycles. The third kappa shape index (κ3) is 2.31. The SMILES string of the molecule is COc1cc(C=CC#N)ccc1F. The lowest BCUT2D eigenvalue weighted by atomic mass is 10.2. The number of rotatable bonds is 2. The fraction of sp³-hybridized carbons (Fsp3) is 0.100. The van der Waals surface area contributed by atoms with E-state index in [9.17, 15) is 4.39 Å². The molecule has 1 aromatic carbocycles. The van der Waals surface area contributed by atoms with E-state index < -0.39 is 5.82 Å². The Kier molecular flexibility index (Phi) is 3.04. The van der Waals surface area contributed by atoms with Gasteiger partial charge in [-0.05, 0) is 23.8 Å². The molecule has 0 N–H and O–H groups in total. The maximum atomic E-state index is 12.9. The van der Waals surface area contributed by atoms with Gasteiger partial charge in [0.1, 0.15) is 0 Å². The van der Waals surface area contributed by atoms with E-state index in [1.807, 2.05) is 6.07 Å². The van der Waals surface area contributed by atoms with Gasteiger partial charge in [-0.25, -0.2) is 4.39 Å². The maximum Gasteiger partial charge on any atom is 0.165 e. The van der Waals surface area contributed by atoms with Gasteiger partial charge in [0, 0.05) is 6.08 Å². The molecule has 0 radical (unpaired) electrons. The number of benzene rings is 1. The van der Waals surface area contributed by atoms with Gasteiger partial charge in [-0.3, -0.25) is 0 Å². The molecular formula is C10H8FNO. The van der Waals surface area contributed by atoms with Gasteiger partial charge in [0.25, 0.3) is 0 Å². The van der Waals surface area contributed by atoms with Crippen LogP contribution in [0.1, 0.15) is 5.56 Å². The molecule has 2 nitrogen and oxygen atoms in total. The summed E-state index contributed by atoms with van der Waals surface area (Å²) >= 11 is 0. The number of hydrogen-bond donors (Lipinski definition) is 0. The minimum atomic E-state index is -0.406. The van der Waals surface area contributed by atoms with Crippen LogP contribution in [0, 0.1) is 17.1 Å². The molecule has 13 heavy (non-hydrogen) atoms. The molecule has 0 atom stereocenters. The first-order valence-electron chi connectivity index (χ1n) is 3.67. The molecule has 0 spiro atoms. The number of hydrogen-bond acceptors (Lipinski definition) is 2. The number of nitrogens with zero attached hydrogens (tertiary/aromatic N) is 1. The van der Waals surface area contributed by atoms with Crippen LogP contribution in [0.25, 0.3) is 6.08 Å². The summed E-state index contributed by atoms with van der Waals surface area (Å²) in [5, 5.41) is 8.27. The van der Waals surface area contributed by atoms with E-state index in [1.54, 1.807) is 12.1 Å². The second kappa shape index (κ2) is 4.27. The number of ether oxygens (including phenoxy) is 1. The Balaban J connectivity index is 3.01. The summed E-state index contributed by atoms with van der Waals surface area (Å²) in [5.41, 5.74) is 0.736. The third-order valence-corrected chi connectivity index (χ3v) is 1.53. The second-order valence-corrected chi connectivity index (χ2v) is 2.36. The van der Waals surface area contributed by atoms with E-state index in [0.717, 1.165) is 5.56 Å². The largest absolute Gasteiger partial charge is 0.494 e. The van der Waals surface area contributed by atoms with Gasteiger partial charge in [-0.2, -0.15) is 5.26 Å². The lowest BCUT2D eigenvalue weighted by Gasteiger charge is -2.01. The highest BCUT2D eigenvalue weighted by Gasteiger charge is 2.00. The summed E-state index contributed by atoms with van der Waals surface area (Å²) in [4.78, 5) is 0. The normalized spacial score (nSPS) is 9.92. The van der Waals surface area contributed by atoms with Crippen molar-refractivity contribution in [2.45, 2.75) is 0 Å². The van der Waals surface area contributed by atoms with Crippen molar-refractivity contribution in [3.8, 4) is 11.8 Å². The van der Waals surface area contributed by atoms with Gasteiger partial charge in [0.15, 0.2) is 11.6 Å².